The number of anilines is 1. The number of alkyl halides is 1. The number of nitrogens with one attached hydrogen (secondary N) is 1. The van der Waals surface area contributed by atoms with E-state index in [9.17, 15) is 18.0 Å². The van der Waals surface area contributed by atoms with Gasteiger partial charge in [0, 0.05) is 29.2 Å². The molecule has 2 aromatic heterocycles. The molecule has 38 heavy (non-hydrogen) atoms. The lowest BCUT2D eigenvalue weighted by molar-refractivity contribution is -0.126. The standard InChI is InChI=1S/C26H24ClN5O5S/c1-17-3-9-22(10-4-17)38(35,36)18(2)31-26(34)25(20-12-28-15-29-13-20)32(24(33)11-27)21-7-5-19(6-8-21)23-14-30-16-37-23/h3-10,12-16,18,25H,11H2,1-2H3,(H,31,34). The van der Waals surface area contributed by atoms with Crippen LogP contribution < -0.4 is 10.2 Å². The third-order valence-corrected chi connectivity index (χ3v) is 8.02. The van der Waals surface area contributed by atoms with Crippen molar-refractivity contribution in [1.29, 1.82) is 0 Å². The van der Waals surface area contributed by atoms with Crippen molar-refractivity contribution in [2.75, 3.05) is 10.8 Å². The number of amides is 2. The molecule has 0 radical (unpaired) electrons. The molecule has 4 aromatic rings. The highest BCUT2D eigenvalue weighted by Crippen LogP contribution is 2.30. The minimum atomic E-state index is -3.92. The normalized spacial score (nSPS) is 12.9. The summed E-state index contributed by atoms with van der Waals surface area (Å²) in [6.07, 6.45) is 6.89. The van der Waals surface area contributed by atoms with Crippen molar-refractivity contribution in [3.05, 3.63) is 91.0 Å². The van der Waals surface area contributed by atoms with Crippen LogP contribution in [-0.2, 0) is 19.4 Å². The average molecular weight is 554 g/mol. The van der Waals surface area contributed by atoms with Crippen molar-refractivity contribution in [2.24, 2.45) is 0 Å². The monoisotopic (exact) mass is 553 g/mol. The molecule has 2 heterocycles. The molecule has 12 heteroatoms. The highest BCUT2D eigenvalue weighted by atomic mass is 35.5. The van der Waals surface area contributed by atoms with Crippen molar-refractivity contribution in [3.63, 3.8) is 0 Å². The lowest BCUT2D eigenvalue weighted by atomic mass is 10.1. The fourth-order valence-corrected chi connectivity index (χ4v) is 5.13. The second kappa shape index (κ2) is 11.5. The van der Waals surface area contributed by atoms with E-state index in [-0.39, 0.29) is 10.5 Å². The van der Waals surface area contributed by atoms with Gasteiger partial charge in [0.1, 0.15) is 23.6 Å². The van der Waals surface area contributed by atoms with Gasteiger partial charge in [0.25, 0.3) is 0 Å². The Morgan fingerprint density at radius 1 is 1.00 bits per heavy atom. The smallest absolute Gasteiger partial charge is 0.248 e. The quantitative estimate of drug-likeness (QED) is 0.310. The lowest BCUT2D eigenvalue weighted by Crippen LogP contribution is -2.48. The predicted molar refractivity (Wildman–Crippen MR) is 141 cm³/mol. The Morgan fingerprint density at radius 3 is 2.24 bits per heavy atom. The molecule has 0 saturated heterocycles. The van der Waals surface area contributed by atoms with Crippen molar-refractivity contribution >= 4 is 38.9 Å². The number of carbonyl (C=O) groups excluding carboxylic acids is 2. The van der Waals surface area contributed by atoms with E-state index >= 15 is 0 Å². The number of nitrogens with zero attached hydrogens (tertiary/aromatic N) is 4. The summed E-state index contributed by atoms with van der Waals surface area (Å²) in [5.41, 5.74) is 2.21. The van der Waals surface area contributed by atoms with Gasteiger partial charge in [-0.15, -0.1) is 11.6 Å². The summed E-state index contributed by atoms with van der Waals surface area (Å²) in [5.74, 6) is -1.25. The fourth-order valence-electron chi connectivity index (χ4n) is 3.80. The Labute approximate surface area is 224 Å². The summed E-state index contributed by atoms with van der Waals surface area (Å²) >= 11 is 5.94. The van der Waals surface area contributed by atoms with E-state index in [2.05, 4.69) is 20.3 Å². The van der Waals surface area contributed by atoms with Crippen molar-refractivity contribution in [1.82, 2.24) is 20.3 Å². The number of hydrogen-bond donors (Lipinski definition) is 1. The molecule has 10 nitrogen and oxygen atoms in total. The molecule has 0 aliphatic heterocycles. The molecule has 0 aliphatic carbocycles. The first kappa shape index (κ1) is 27.0. The van der Waals surface area contributed by atoms with Crippen LogP contribution in [0, 0.1) is 6.92 Å². The van der Waals surface area contributed by atoms with Gasteiger partial charge in [-0.05, 0) is 50.2 Å². The molecule has 0 bridgehead atoms. The van der Waals surface area contributed by atoms with Gasteiger partial charge in [-0.3, -0.25) is 14.5 Å². The highest BCUT2D eigenvalue weighted by Gasteiger charge is 2.35. The van der Waals surface area contributed by atoms with E-state index in [1.807, 2.05) is 6.92 Å². The number of aryl methyl sites for hydroxylation is 1. The van der Waals surface area contributed by atoms with Gasteiger partial charge in [0.2, 0.25) is 11.8 Å². The number of aromatic nitrogens is 3. The van der Waals surface area contributed by atoms with Gasteiger partial charge in [-0.1, -0.05) is 17.7 Å². The summed E-state index contributed by atoms with van der Waals surface area (Å²) in [4.78, 5) is 39.9. The second-order valence-corrected chi connectivity index (χ2v) is 10.9. The molecule has 2 aromatic carbocycles. The molecule has 0 fully saturated rings. The van der Waals surface area contributed by atoms with E-state index in [0.717, 1.165) is 5.56 Å². The maximum absolute atomic E-state index is 13.7. The van der Waals surface area contributed by atoms with Crippen LogP contribution in [0.2, 0.25) is 0 Å². The molecule has 2 unspecified atom stereocenters. The maximum Gasteiger partial charge on any atom is 0.248 e. The Kier molecular flexibility index (Phi) is 8.18. The van der Waals surface area contributed by atoms with Gasteiger partial charge in [-0.25, -0.2) is 23.4 Å². The summed E-state index contributed by atoms with van der Waals surface area (Å²) in [6.45, 7) is 3.21. The molecule has 1 N–H and O–H groups in total. The Morgan fingerprint density at radius 2 is 1.66 bits per heavy atom. The Hall–Kier alpha value is -4.09. The molecule has 0 aliphatic rings. The first-order valence-electron chi connectivity index (χ1n) is 11.4. The molecular formula is C26H24ClN5O5S. The number of hydrogen-bond acceptors (Lipinski definition) is 8. The summed E-state index contributed by atoms with van der Waals surface area (Å²) < 4.78 is 31.6. The largest absolute Gasteiger partial charge is 0.444 e. The zero-order chi connectivity index (χ0) is 27.3. The van der Waals surface area contributed by atoms with Crippen molar-refractivity contribution < 1.29 is 22.4 Å². The first-order chi connectivity index (χ1) is 18.2. The molecule has 196 valence electrons. The van der Waals surface area contributed by atoms with Crippen LogP contribution in [0.15, 0.2) is 89.2 Å². The molecule has 0 spiro atoms. The maximum atomic E-state index is 13.7. The fraction of sp³-hybridized carbons (Fsp3) is 0.192. The summed E-state index contributed by atoms with van der Waals surface area (Å²) in [7, 11) is -3.92. The number of sulfone groups is 1. The molecule has 0 saturated carbocycles. The zero-order valence-electron chi connectivity index (χ0n) is 20.5. The molecule has 2 atom stereocenters. The number of halogens is 1. The van der Waals surface area contributed by atoms with Crippen LogP contribution in [0.4, 0.5) is 5.69 Å². The predicted octanol–water partition coefficient (Wildman–Crippen LogP) is 3.69. The summed E-state index contributed by atoms with van der Waals surface area (Å²) in [6, 6.07) is 11.6. The van der Waals surface area contributed by atoms with Gasteiger partial charge < -0.3 is 9.73 Å². The minimum Gasteiger partial charge on any atom is -0.444 e. The average Bonchev–Trinajstić information content (AvgIpc) is 3.47. The van der Waals surface area contributed by atoms with E-state index in [4.69, 9.17) is 16.0 Å². The van der Waals surface area contributed by atoms with Crippen molar-refractivity contribution in [3.8, 4) is 11.3 Å². The second-order valence-electron chi connectivity index (χ2n) is 8.39. The Balaban J connectivity index is 1.70. The van der Waals surface area contributed by atoms with Crippen LogP contribution in [-0.4, -0.2) is 46.4 Å². The zero-order valence-corrected chi connectivity index (χ0v) is 22.1. The van der Waals surface area contributed by atoms with Gasteiger partial charge in [0.05, 0.1) is 11.1 Å². The van der Waals surface area contributed by atoms with E-state index in [1.165, 1.54) is 49.1 Å². The number of benzene rings is 2. The van der Waals surface area contributed by atoms with Gasteiger partial charge >= 0.3 is 0 Å². The number of oxazole rings is 1. The van der Waals surface area contributed by atoms with E-state index in [0.29, 0.717) is 17.0 Å². The van der Waals surface area contributed by atoms with Crippen LogP contribution in [0.3, 0.4) is 0 Å². The van der Waals surface area contributed by atoms with Crippen LogP contribution in [0.25, 0.3) is 11.3 Å². The lowest BCUT2D eigenvalue weighted by Gasteiger charge is -2.31. The topological polar surface area (TPSA) is 135 Å². The highest BCUT2D eigenvalue weighted by molar-refractivity contribution is 7.92. The van der Waals surface area contributed by atoms with Crippen LogP contribution >= 0.6 is 11.6 Å². The van der Waals surface area contributed by atoms with Gasteiger partial charge in [0.15, 0.2) is 22.0 Å². The third kappa shape index (κ3) is 5.74. The third-order valence-electron chi connectivity index (χ3n) is 5.81. The van der Waals surface area contributed by atoms with E-state index < -0.39 is 38.9 Å². The SMILES string of the molecule is Cc1ccc(S(=O)(=O)C(C)NC(=O)C(c2cncnc2)N(C(=O)CCl)c2ccc(-c3cnco3)cc2)cc1. The van der Waals surface area contributed by atoms with Crippen molar-refractivity contribution in [2.45, 2.75) is 30.2 Å². The van der Waals surface area contributed by atoms with Gasteiger partial charge in [-0.2, -0.15) is 0 Å². The van der Waals surface area contributed by atoms with Crippen LogP contribution in [0.1, 0.15) is 24.1 Å². The Bertz CT molecular complexity index is 1500. The minimum absolute atomic E-state index is 0.0622. The number of rotatable bonds is 9. The molecular weight excluding hydrogens is 530 g/mol. The first-order valence-corrected chi connectivity index (χ1v) is 13.5. The van der Waals surface area contributed by atoms with Crippen LogP contribution in [0.5, 0.6) is 0 Å². The summed E-state index contributed by atoms with van der Waals surface area (Å²) in [5, 5.41) is 1.25. The molecule has 4 rings (SSSR count). The molecule has 2 amide bonds. The number of carbonyl (C=O) groups is 2. The van der Waals surface area contributed by atoms with E-state index in [1.54, 1.807) is 42.6 Å².